The van der Waals surface area contributed by atoms with E-state index in [0.717, 1.165) is 5.69 Å². The van der Waals surface area contributed by atoms with Crippen LogP contribution < -0.4 is 11.1 Å². The van der Waals surface area contributed by atoms with Crippen LogP contribution in [0.5, 0.6) is 0 Å². The van der Waals surface area contributed by atoms with Crippen molar-refractivity contribution >= 4 is 11.7 Å². The molecule has 0 aliphatic rings. The number of aromatic nitrogens is 4. The Morgan fingerprint density at radius 3 is 2.91 bits per heavy atom. The Hall–Kier alpha value is -3.16. The van der Waals surface area contributed by atoms with Gasteiger partial charge in [0.2, 0.25) is 5.89 Å². The van der Waals surface area contributed by atoms with Crippen LogP contribution in [0, 0.1) is 6.92 Å². The highest BCUT2D eigenvalue weighted by Crippen LogP contribution is 2.20. The zero-order chi connectivity index (χ0) is 16.4. The molecule has 0 saturated heterocycles. The quantitative estimate of drug-likeness (QED) is 0.750. The molecule has 0 aliphatic carbocycles. The molecule has 3 heterocycles. The van der Waals surface area contributed by atoms with Crippen molar-refractivity contribution < 1.29 is 9.21 Å². The Morgan fingerprint density at radius 2 is 2.26 bits per heavy atom. The second-order valence-electron chi connectivity index (χ2n) is 5.02. The Bertz CT molecular complexity index is 838. The molecule has 23 heavy (non-hydrogen) atoms. The summed E-state index contributed by atoms with van der Waals surface area (Å²) in [6.07, 6.45) is 4.85. The van der Waals surface area contributed by atoms with E-state index >= 15 is 0 Å². The van der Waals surface area contributed by atoms with Gasteiger partial charge in [-0.15, -0.1) is 0 Å². The van der Waals surface area contributed by atoms with Crippen molar-refractivity contribution in [2.45, 2.75) is 13.5 Å². The van der Waals surface area contributed by atoms with E-state index in [0.29, 0.717) is 23.8 Å². The zero-order valence-electron chi connectivity index (χ0n) is 12.8. The van der Waals surface area contributed by atoms with Crippen LogP contribution in [0.3, 0.4) is 0 Å². The summed E-state index contributed by atoms with van der Waals surface area (Å²) >= 11 is 0. The van der Waals surface area contributed by atoms with E-state index in [9.17, 15) is 4.79 Å². The maximum atomic E-state index is 12.3. The monoisotopic (exact) mass is 312 g/mol. The molecular weight excluding hydrogens is 296 g/mol. The van der Waals surface area contributed by atoms with E-state index < -0.39 is 0 Å². The molecule has 0 atom stereocenters. The molecule has 3 rings (SSSR count). The Balaban J connectivity index is 1.81. The fourth-order valence-corrected chi connectivity index (χ4v) is 2.18. The molecule has 3 N–H and O–H groups in total. The summed E-state index contributed by atoms with van der Waals surface area (Å²) in [5.74, 6) is -0.0242. The van der Waals surface area contributed by atoms with Crippen LogP contribution in [0.2, 0.25) is 0 Å². The summed E-state index contributed by atoms with van der Waals surface area (Å²) in [5.41, 5.74) is 7.87. The summed E-state index contributed by atoms with van der Waals surface area (Å²) < 4.78 is 7.12. The number of rotatable bonds is 4. The molecule has 0 aromatic carbocycles. The Labute approximate surface area is 132 Å². The third-order valence-corrected chi connectivity index (χ3v) is 3.43. The highest BCUT2D eigenvalue weighted by atomic mass is 16.3. The van der Waals surface area contributed by atoms with Gasteiger partial charge in [-0.05, 0) is 19.1 Å². The number of hydrogen-bond donors (Lipinski definition) is 2. The van der Waals surface area contributed by atoms with Gasteiger partial charge >= 0.3 is 0 Å². The smallest absolute Gasteiger partial charge is 0.274 e. The van der Waals surface area contributed by atoms with Crippen molar-refractivity contribution in [2.24, 2.45) is 7.05 Å². The molecule has 0 unspecified atom stereocenters. The first-order chi connectivity index (χ1) is 11.1. The van der Waals surface area contributed by atoms with E-state index in [2.05, 4.69) is 20.3 Å². The third kappa shape index (κ3) is 2.91. The third-order valence-electron chi connectivity index (χ3n) is 3.43. The molecule has 0 fully saturated rings. The first-order valence-electron chi connectivity index (χ1n) is 6.98. The zero-order valence-corrected chi connectivity index (χ0v) is 12.8. The van der Waals surface area contributed by atoms with Crippen LogP contribution in [0.1, 0.15) is 21.9 Å². The van der Waals surface area contributed by atoms with E-state index in [4.69, 9.17) is 10.2 Å². The SMILES string of the molecule is Cc1nc(C(=O)NCc2cccn2C)c(N)nc1-c1ncco1. The number of aryl methyl sites for hydroxylation is 2. The van der Waals surface area contributed by atoms with Crippen LogP contribution in [-0.2, 0) is 13.6 Å². The maximum Gasteiger partial charge on any atom is 0.274 e. The van der Waals surface area contributed by atoms with Gasteiger partial charge in [-0.1, -0.05) is 0 Å². The number of nitrogen functional groups attached to an aromatic ring is 1. The second kappa shape index (κ2) is 5.91. The Kier molecular flexibility index (Phi) is 3.80. The highest BCUT2D eigenvalue weighted by molar-refractivity contribution is 5.96. The lowest BCUT2D eigenvalue weighted by atomic mass is 10.2. The van der Waals surface area contributed by atoms with Crippen molar-refractivity contribution in [2.75, 3.05) is 5.73 Å². The standard InChI is InChI=1S/C15H16N6O2/c1-9-11(15-17-5-7-23-15)20-13(16)12(19-9)14(22)18-8-10-4-3-6-21(10)2/h3-7H,8H2,1-2H3,(H2,16,20)(H,18,22). The number of carbonyl (C=O) groups excluding carboxylic acids is 1. The summed E-state index contributed by atoms with van der Waals surface area (Å²) in [5, 5.41) is 2.78. The van der Waals surface area contributed by atoms with Gasteiger partial charge in [-0.3, -0.25) is 4.79 Å². The molecule has 0 spiro atoms. The average molecular weight is 312 g/mol. The molecule has 8 heteroatoms. The van der Waals surface area contributed by atoms with Gasteiger partial charge in [-0.2, -0.15) is 0 Å². The number of amides is 1. The lowest BCUT2D eigenvalue weighted by Crippen LogP contribution is -2.26. The first-order valence-corrected chi connectivity index (χ1v) is 6.98. The molecule has 1 amide bonds. The fourth-order valence-electron chi connectivity index (χ4n) is 2.18. The van der Waals surface area contributed by atoms with Gasteiger partial charge in [0, 0.05) is 18.9 Å². The van der Waals surface area contributed by atoms with Crippen LogP contribution in [0.15, 0.2) is 35.2 Å². The molecule has 0 saturated carbocycles. The molecule has 3 aromatic heterocycles. The van der Waals surface area contributed by atoms with Gasteiger partial charge in [0.15, 0.2) is 11.5 Å². The van der Waals surface area contributed by atoms with E-state index in [1.165, 1.54) is 12.5 Å². The fraction of sp³-hybridized carbons (Fsp3) is 0.200. The lowest BCUT2D eigenvalue weighted by molar-refractivity contribution is 0.0945. The molecule has 3 aromatic rings. The van der Waals surface area contributed by atoms with E-state index in [-0.39, 0.29) is 17.4 Å². The number of nitrogens with two attached hydrogens (primary N) is 1. The number of nitrogens with one attached hydrogen (secondary N) is 1. The van der Waals surface area contributed by atoms with Gasteiger partial charge in [0.05, 0.1) is 18.4 Å². The van der Waals surface area contributed by atoms with Crippen LogP contribution in [0.25, 0.3) is 11.6 Å². The topological polar surface area (TPSA) is 112 Å². The molecule has 0 radical (unpaired) electrons. The number of oxazole rings is 1. The van der Waals surface area contributed by atoms with Crippen molar-refractivity contribution in [3.63, 3.8) is 0 Å². The molecule has 0 bridgehead atoms. The van der Waals surface area contributed by atoms with E-state index in [1.54, 1.807) is 6.92 Å². The average Bonchev–Trinajstić information content (AvgIpc) is 3.18. The van der Waals surface area contributed by atoms with Crippen LogP contribution in [0.4, 0.5) is 5.82 Å². The number of hydrogen-bond acceptors (Lipinski definition) is 6. The predicted octanol–water partition coefficient (Wildman–Crippen LogP) is 1.29. The lowest BCUT2D eigenvalue weighted by Gasteiger charge is -2.09. The minimum atomic E-state index is -0.377. The highest BCUT2D eigenvalue weighted by Gasteiger charge is 2.18. The van der Waals surface area contributed by atoms with Gasteiger partial charge in [0.1, 0.15) is 12.0 Å². The summed E-state index contributed by atoms with van der Waals surface area (Å²) in [7, 11) is 1.91. The summed E-state index contributed by atoms with van der Waals surface area (Å²) in [6, 6.07) is 3.83. The summed E-state index contributed by atoms with van der Waals surface area (Å²) in [6.45, 7) is 2.10. The largest absolute Gasteiger partial charge is 0.443 e. The molecular formula is C15H16N6O2. The number of anilines is 1. The van der Waals surface area contributed by atoms with Crippen molar-refractivity contribution in [1.29, 1.82) is 0 Å². The minimum Gasteiger partial charge on any atom is -0.443 e. The van der Waals surface area contributed by atoms with Gasteiger partial charge < -0.3 is 20.0 Å². The predicted molar refractivity (Wildman–Crippen MR) is 83.3 cm³/mol. The van der Waals surface area contributed by atoms with Crippen LogP contribution in [-0.4, -0.2) is 25.4 Å². The number of carbonyl (C=O) groups is 1. The maximum absolute atomic E-state index is 12.3. The Morgan fingerprint density at radius 1 is 1.43 bits per heavy atom. The minimum absolute atomic E-state index is 0.0354. The van der Waals surface area contributed by atoms with Gasteiger partial charge in [0.25, 0.3) is 5.91 Å². The molecule has 8 nitrogen and oxygen atoms in total. The number of nitrogens with zero attached hydrogens (tertiary/aromatic N) is 4. The van der Waals surface area contributed by atoms with Crippen molar-refractivity contribution in [3.8, 4) is 11.6 Å². The van der Waals surface area contributed by atoms with Crippen molar-refractivity contribution in [1.82, 2.24) is 24.8 Å². The van der Waals surface area contributed by atoms with Crippen molar-refractivity contribution in [3.05, 3.63) is 47.9 Å². The normalized spacial score (nSPS) is 10.7. The first kappa shape index (κ1) is 14.8. The van der Waals surface area contributed by atoms with E-state index in [1.807, 2.05) is 29.9 Å². The second-order valence-corrected chi connectivity index (χ2v) is 5.02. The molecule has 118 valence electrons. The van der Waals surface area contributed by atoms with Gasteiger partial charge in [-0.25, -0.2) is 15.0 Å². The molecule has 0 aliphatic heterocycles. The summed E-state index contributed by atoms with van der Waals surface area (Å²) in [4.78, 5) is 24.7. The van der Waals surface area contributed by atoms with Crippen LogP contribution >= 0.6 is 0 Å².